The Hall–Kier alpha value is -4.46. The highest BCUT2D eigenvalue weighted by molar-refractivity contribution is 6.05. The summed E-state index contributed by atoms with van der Waals surface area (Å²) in [5.74, 6) is 0.847. The largest absolute Gasteiger partial charge is 0.497 e. The number of amides is 2. The summed E-state index contributed by atoms with van der Waals surface area (Å²) in [6.07, 6.45) is 0. The van der Waals surface area contributed by atoms with Crippen LogP contribution in [0.2, 0.25) is 0 Å². The number of benzene rings is 3. The molecular formula is C23H19N5O3. The molecule has 0 fully saturated rings. The van der Waals surface area contributed by atoms with Crippen LogP contribution in [-0.4, -0.2) is 34.1 Å². The molecule has 4 rings (SSSR count). The SMILES string of the molecule is COc1ccc(-c2nc(NC(=O)c3ccc(NC(=O)c4ccccc4)cc3)n[nH]2)cc1. The van der Waals surface area contributed by atoms with E-state index in [-0.39, 0.29) is 17.8 Å². The minimum absolute atomic E-state index is 0.164. The summed E-state index contributed by atoms with van der Waals surface area (Å²) in [7, 11) is 1.60. The van der Waals surface area contributed by atoms with Crippen LogP contribution in [0.4, 0.5) is 11.6 Å². The Bertz CT molecular complexity index is 1190. The van der Waals surface area contributed by atoms with Gasteiger partial charge in [0.05, 0.1) is 7.11 Å². The van der Waals surface area contributed by atoms with Gasteiger partial charge in [-0.15, -0.1) is 5.10 Å². The van der Waals surface area contributed by atoms with Gasteiger partial charge in [-0.05, 0) is 60.7 Å². The molecule has 0 radical (unpaired) electrons. The van der Waals surface area contributed by atoms with Gasteiger partial charge in [-0.25, -0.2) is 0 Å². The molecule has 0 aliphatic carbocycles. The zero-order valence-corrected chi connectivity index (χ0v) is 16.6. The number of nitrogens with one attached hydrogen (secondary N) is 3. The van der Waals surface area contributed by atoms with Crippen molar-refractivity contribution in [1.82, 2.24) is 15.2 Å². The summed E-state index contributed by atoms with van der Waals surface area (Å²) in [5, 5.41) is 12.3. The first-order valence-electron chi connectivity index (χ1n) is 9.47. The van der Waals surface area contributed by atoms with E-state index in [0.717, 1.165) is 11.3 Å². The van der Waals surface area contributed by atoms with Gasteiger partial charge >= 0.3 is 0 Å². The number of aromatic nitrogens is 3. The maximum absolute atomic E-state index is 12.5. The molecule has 154 valence electrons. The van der Waals surface area contributed by atoms with Crippen LogP contribution in [0.25, 0.3) is 11.4 Å². The normalized spacial score (nSPS) is 10.4. The van der Waals surface area contributed by atoms with Crippen molar-refractivity contribution in [1.29, 1.82) is 0 Å². The second kappa shape index (κ2) is 8.91. The third-order valence-corrected chi connectivity index (χ3v) is 4.52. The van der Waals surface area contributed by atoms with Crippen LogP contribution in [0.1, 0.15) is 20.7 Å². The van der Waals surface area contributed by atoms with Gasteiger partial charge in [0.25, 0.3) is 11.8 Å². The van der Waals surface area contributed by atoms with Crippen molar-refractivity contribution in [3.63, 3.8) is 0 Å². The van der Waals surface area contributed by atoms with Crippen LogP contribution in [-0.2, 0) is 0 Å². The fourth-order valence-electron chi connectivity index (χ4n) is 2.87. The zero-order valence-electron chi connectivity index (χ0n) is 16.6. The topological polar surface area (TPSA) is 109 Å². The van der Waals surface area contributed by atoms with E-state index in [1.165, 1.54) is 0 Å². The van der Waals surface area contributed by atoms with E-state index in [1.807, 2.05) is 30.3 Å². The molecule has 31 heavy (non-hydrogen) atoms. The highest BCUT2D eigenvalue weighted by Gasteiger charge is 2.12. The maximum Gasteiger partial charge on any atom is 0.258 e. The van der Waals surface area contributed by atoms with Gasteiger partial charge < -0.3 is 10.1 Å². The van der Waals surface area contributed by atoms with Crippen LogP contribution in [0.5, 0.6) is 5.75 Å². The predicted octanol–water partition coefficient (Wildman–Crippen LogP) is 3.98. The van der Waals surface area contributed by atoms with Gasteiger partial charge in [0.2, 0.25) is 5.95 Å². The number of H-pyrrole nitrogens is 1. The molecule has 0 aliphatic heterocycles. The Balaban J connectivity index is 1.38. The molecular weight excluding hydrogens is 394 g/mol. The minimum Gasteiger partial charge on any atom is -0.497 e. The summed E-state index contributed by atoms with van der Waals surface area (Å²) in [4.78, 5) is 29.0. The van der Waals surface area contributed by atoms with Crippen molar-refractivity contribution in [3.8, 4) is 17.1 Å². The average Bonchev–Trinajstić information content (AvgIpc) is 3.28. The van der Waals surface area contributed by atoms with Gasteiger partial charge in [-0.2, -0.15) is 4.98 Å². The van der Waals surface area contributed by atoms with E-state index in [1.54, 1.807) is 55.6 Å². The summed E-state index contributed by atoms with van der Waals surface area (Å²) in [6, 6.07) is 22.8. The number of hydrogen-bond donors (Lipinski definition) is 3. The van der Waals surface area contributed by atoms with E-state index in [4.69, 9.17) is 4.74 Å². The fourth-order valence-corrected chi connectivity index (χ4v) is 2.87. The third kappa shape index (κ3) is 4.76. The lowest BCUT2D eigenvalue weighted by molar-refractivity contribution is 0.101. The van der Waals surface area contributed by atoms with E-state index in [9.17, 15) is 9.59 Å². The van der Waals surface area contributed by atoms with Crippen molar-refractivity contribution in [3.05, 3.63) is 90.0 Å². The van der Waals surface area contributed by atoms with Gasteiger partial charge in [-0.3, -0.25) is 20.0 Å². The van der Waals surface area contributed by atoms with Gasteiger partial charge in [0, 0.05) is 22.4 Å². The van der Waals surface area contributed by atoms with E-state index < -0.39 is 0 Å². The molecule has 3 N–H and O–H groups in total. The van der Waals surface area contributed by atoms with Crippen LogP contribution in [0, 0.1) is 0 Å². The lowest BCUT2D eigenvalue weighted by Crippen LogP contribution is -2.14. The zero-order chi connectivity index (χ0) is 21.6. The Kier molecular flexibility index (Phi) is 5.70. The van der Waals surface area contributed by atoms with Crippen LogP contribution in [0.15, 0.2) is 78.9 Å². The van der Waals surface area contributed by atoms with E-state index in [0.29, 0.717) is 22.6 Å². The fraction of sp³-hybridized carbons (Fsp3) is 0.0435. The van der Waals surface area contributed by atoms with Gasteiger partial charge in [0.15, 0.2) is 5.82 Å². The van der Waals surface area contributed by atoms with Crippen LogP contribution < -0.4 is 15.4 Å². The highest BCUT2D eigenvalue weighted by Crippen LogP contribution is 2.20. The number of hydrogen-bond acceptors (Lipinski definition) is 5. The van der Waals surface area contributed by atoms with Crippen molar-refractivity contribution in [2.45, 2.75) is 0 Å². The van der Waals surface area contributed by atoms with Crippen molar-refractivity contribution < 1.29 is 14.3 Å². The maximum atomic E-state index is 12.5. The first-order valence-corrected chi connectivity index (χ1v) is 9.47. The molecule has 0 saturated heterocycles. The molecule has 0 spiro atoms. The van der Waals surface area contributed by atoms with Crippen molar-refractivity contribution in [2.75, 3.05) is 17.7 Å². The van der Waals surface area contributed by atoms with Crippen molar-refractivity contribution in [2.24, 2.45) is 0 Å². The molecule has 0 saturated carbocycles. The number of rotatable bonds is 6. The number of carbonyl (C=O) groups is 2. The second-order valence-electron chi connectivity index (χ2n) is 6.59. The molecule has 8 heteroatoms. The molecule has 1 heterocycles. The molecule has 0 aliphatic rings. The first-order chi connectivity index (χ1) is 15.1. The highest BCUT2D eigenvalue weighted by atomic mass is 16.5. The number of ether oxygens (including phenoxy) is 1. The predicted molar refractivity (Wildman–Crippen MR) is 117 cm³/mol. The first kappa shape index (κ1) is 19.8. The van der Waals surface area contributed by atoms with Gasteiger partial charge in [0.1, 0.15) is 5.75 Å². The van der Waals surface area contributed by atoms with Gasteiger partial charge in [-0.1, -0.05) is 18.2 Å². The van der Waals surface area contributed by atoms with Crippen LogP contribution in [0.3, 0.4) is 0 Å². The summed E-state index contributed by atoms with van der Waals surface area (Å²) in [6.45, 7) is 0. The molecule has 2 amide bonds. The summed E-state index contributed by atoms with van der Waals surface area (Å²) >= 11 is 0. The van der Waals surface area contributed by atoms with E-state index in [2.05, 4.69) is 25.8 Å². The quantitative estimate of drug-likeness (QED) is 0.443. The molecule has 0 bridgehead atoms. The smallest absolute Gasteiger partial charge is 0.258 e. The number of methoxy groups -OCH3 is 1. The van der Waals surface area contributed by atoms with E-state index >= 15 is 0 Å². The number of anilines is 2. The molecule has 3 aromatic carbocycles. The number of nitrogens with zero attached hydrogens (tertiary/aromatic N) is 2. The summed E-state index contributed by atoms with van der Waals surface area (Å²) < 4.78 is 5.14. The molecule has 0 unspecified atom stereocenters. The third-order valence-electron chi connectivity index (χ3n) is 4.52. The Morgan fingerprint density at radius 3 is 2.13 bits per heavy atom. The monoisotopic (exact) mass is 413 g/mol. The van der Waals surface area contributed by atoms with Crippen LogP contribution >= 0.6 is 0 Å². The Morgan fingerprint density at radius 2 is 1.45 bits per heavy atom. The van der Waals surface area contributed by atoms with Crippen molar-refractivity contribution >= 4 is 23.5 Å². The lowest BCUT2D eigenvalue weighted by atomic mass is 10.1. The molecule has 1 aromatic heterocycles. The number of carbonyl (C=O) groups excluding carboxylic acids is 2. The Morgan fingerprint density at radius 1 is 0.806 bits per heavy atom. The second-order valence-corrected chi connectivity index (χ2v) is 6.59. The Labute approximate surface area is 178 Å². The molecule has 8 nitrogen and oxygen atoms in total. The molecule has 4 aromatic rings. The average molecular weight is 413 g/mol. The summed E-state index contributed by atoms with van der Waals surface area (Å²) in [5.41, 5.74) is 2.37. The minimum atomic E-state index is -0.360. The standard InChI is InChI=1S/C23H19N5O3/c1-31-19-13-9-15(10-14-19)20-25-23(28-27-20)26-22(30)17-7-11-18(12-8-17)24-21(29)16-5-3-2-4-6-16/h2-14H,1H3,(H,24,29)(H2,25,26,27,28,30). The number of aromatic amines is 1. The molecule has 0 atom stereocenters. The lowest BCUT2D eigenvalue weighted by Gasteiger charge is -2.06.